The van der Waals surface area contributed by atoms with Gasteiger partial charge in [0.1, 0.15) is 0 Å². The van der Waals surface area contributed by atoms with E-state index in [1.165, 1.54) is 0 Å². The molecule has 0 saturated carbocycles. The molecule has 1 aromatic rings. The summed E-state index contributed by atoms with van der Waals surface area (Å²) in [4.78, 5) is 11.2. The molecule has 100 valence electrons. The number of hydrogen-bond acceptors (Lipinski definition) is 2. The fourth-order valence-corrected chi connectivity index (χ4v) is 1.94. The van der Waals surface area contributed by atoms with Crippen molar-refractivity contribution in [1.29, 1.82) is 0 Å². The van der Waals surface area contributed by atoms with E-state index >= 15 is 0 Å². The van der Waals surface area contributed by atoms with Crippen molar-refractivity contribution in [3.05, 3.63) is 34.9 Å². The van der Waals surface area contributed by atoms with Gasteiger partial charge >= 0.3 is 5.97 Å². The Morgan fingerprint density at radius 2 is 1.94 bits per heavy atom. The largest absolute Gasteiger partial charge is 0.479 e. The van der Waals surface area contributed by atoms with Crippen LogP contribution in [0.1, 0.15) is 36.5 Å². The van der Waals surface area contributed by atoms with E-state index in [0.717, 1.165) is 29.5 Å². The number of carboxylic acids is 1. The molecular formula is C15H22O3. The normalized spacial score (nSPS) is 12.4. The summed E-state index contributed by atoms with van der Waals surface area (Å²) < 4.78 is 5.46. The molecule has 3 nitrogen and oxygen atoms in total. The molecule has 0 saturated heterocycles. The molecule has 1 atom stereocenters. The molecule has 0 unspecified atom stereocenters. The number of rotatable bonds is 7. The van der Waals surface area contributed by atoms with Gasteiger partial charge in [-0.3, -0.25) is 0 Å². The van der Waals surface area contributed by atoms with Gasteiger partial charge in [-0.25, -0.2) is 4.79 Å². The summed E-state index contributed by atoms with van der Waals surface area (Å²) in [6, 6.07) is 6.00. The smallest absolute Gasteiger partial charge is 0.333 e. The number of hydrogen-bond donors (Lipinski definition) is 1. The molecule has 0 radical (unpaired) electrons. The standard InChI is InChI=1S/C15H22O3/c1-4-5-9-18-14(15(16)17)10-13-11(2)7-6-8-12(13)3/h6-8,14H,4-5,9-10H2,1-3H3,(H,16,17)/t14-/m0/s1. The van der Waals surface area contributed by atoms with E-state index in [9.17, 15) is 9.90 Å². The van der Waals surface area contributed by atoms with Crippen molar-refractivity contribution in [2.45, 2.75) is 46.1 Å². The second kappa shape index (κ2) is 7.17. The van der Waals surface area contributed by atoms with E-state index in [1.807, 2.05) is 32.0 Å². The molecular weight excluding hydrogens is 228 g/mol. The van der Waals surface area contributed by atoms with Crippen LogP contribution >= 0.6 is 0 Å². The van der Waals surface area contributed by atoms with Gasteiger partial charge in [-0.2, -0.15) is 0 Å². The minimum Gasteiger partial charge on any atom is -0.479 e. The topological polar surface area (TPSA) is 46.5 Å². The van der Waals surface area contributed by atoms with Gasteiger partial charge in [-0.1, -0.05) is 31.5 Å². The monoisotopic (exact) mass is 250 g/mol. The quantitative estimate of drug-likeness (QED) is 0.756. The van der Waals surface area contributed by atoms with Crippen LogP contribution in [0, 0.1) is 13.8 Å². The van der Waals surface area contributed by atoms with Crippen molar-refractivity contribution in [1.82, 2.24) is 0 Å². The van der Waals surface area contributed by atoms with Gasteiger partial charge in [0.2, 0.25) is 0 Å². The molecule has 1 N–H and O–H groups in total. The highest BCUT2D eigenvalue weighted by molar-refractivity contribution is 5.73. The Morgan fingerprint density at radius 1 is 1.33 bits per heavy atom. The minimum absolute atomic E-state index is 0.442. The summed E-state index contributed by atoms with van der Waals surface area (Å²) in [5, 5.41) is 9.19. The zero-order chi connectivity index (χ0) is 13.5. The number of carboxylic acid groups (broad SMARTS) is 1. The third kappa shape index (κ3) is 4.15. The van der Waals surface area contributed by atoms with Crippen molar-refractivity contribution in [3.63, 3.8) is 0 Å². The fraction of sp³-hybridized carbons (Fsp3) is 0.533. The number of ether oxygens (including phenoxy) is 1. The van der Waals surface area contributed by atoms with Crippen molar-refractivity contribution >= 4 is 5.97 Å². The molecule has 0 bridgehead atoms. The van der Waals surface area contributed by atoms with Crippen molar-refractivity contribution < 1.29 is 14.6 Å². The van der Waals surface area contributed by atoms with Gasteiger partial charge in [0.15, 0.2) is 6.10 Å². The Bertz CT molecular complexity index is 378. The third-order valence-corrected chi connectivity index (χ3v) is 3.13. The summed E-state index contributed by atoms with van der Waals surface area (Å²) in [7, 11) is 0. The average Bonchev–Trinajstić information content (AvgIpc) is 2.31. The highest BCUT2D eigenvalue weighted by atomic mass is 16.5. The van der Waals surface area contributed by atoms with Crippen LogP contribution in [0.2, 0.25) is 0 Å². The summed E-state index contributed by atoms with van der Waals surface area (Å²) >= 11 is 0. The molecule has 0 aliphatic heterocycles. The Balaban J connectivity index is 2.74. The summed E-state index contributed by atoms with van der Waals surface area (Å²) in [6.45, 7) is 6.59. The minimum atomic E-state index is -0.881. The molecule has 3 heteroatoms. The summed E-state index contributed by atoms with van der Waals surface area (Å²) in [6.07, 6.45) is 1.61. The van der Waals surface area contributed by atoms with Crippen LogP contribution in [-0.2, 0) is 16.0 Å². The maximum absolute atomic E-state index is 11.2. The highest BCUT2D eigenvalue weighted by Crippen LogP contribution is 2.17. The van der Waals surface area contributed by atoms with Crippen LogP contribution in [0.5, 0.6) is 0 Å². The SMILES string of the molecule is CCCCO[C@@H](Cc1c(C)cccc1C)C(=O)O. The molecule has 1 aromatic carbocycles. The molecule has 0 amide bonds. The molecule has 0 aliphatic rings. The Labute approximate surface area is 109 Å². The van der Waals surface area contributed by atoms with Gasteiger partial charge in [-0.15, -0.1) is 0 Å². The molecule has 18 heavy (non-hydrogen) atoms. The zero-order valence-corrected chi connectivity index (χ0v) is 11.4. The van der Waals surface area contributed by atoms with E-state index in [4.69, 9.17) is 4.74 Å². The number of unbranched alkanes of at least 4 members (excludes halogenated alkanes) is 1. The first-order valence-corrected chi connectivity index (χ1v) is 6.45. The molecule has 0 spiro atoms. The fourth-order valence-electron chi connectivity index (χ4n) is 1.94. The zero-order valence-electron chi connectivity index (χ0n) is 11.4. The molecule has 0 aromatic heterocycles. The first-order valence-electron chi connectivity index (χ1n) is 6.45. The van der Waals surface area contributed by atoms with Gasteiger partial charge in [0.05, 0.1) is 0 Å². The molecule has 0 fully saturated rings. The maximum Gasteiger partial charge on any atom is 0.333 e. The van der Waals surface area contributed by atoms with Gasteiger partial charge < -0.3 is 9.84 Å². The lowest BCUT2D eigenvalue weighted by Crippen LogP contribution is -2.27. The predicted octanol–water partition coefficient (Wildman–Crippen LogP) is 3.12. The van der Waals surface area contributed by atoms with Gasteiger partial charge in [-0.05, 0) is 37.0 Å². The second-order valence-electron chi connectivity index (χ2n) is 4.63. The summed E-state index contributed by atoms with van der Waals surface area (Å²) in [5.74, 6) is -0.881. The van der Waals surface area contributed by atoms with Crippen molar-refractivity contribution in [2.75, 3.05) is 6.61 Å². The molecule has 0 aliphatic carbocycles. The predicted molar refractivity (Wildman–Crippen MR) is 71.9 cm³/mol. The third-order valence-electron chi connectivity index (χ3n) is 3.13. The lowest BCUT2D eigenvalue weighted by Gasteiger charge is -2.16. The number of carbonyl (C=O) groups is 1. The first-order chi connectivity index (χ1) is 8.56. The van der Waals surface area contributed by atoms with E-state index in [0.29, 0.717) is 13.0 Å². The molecule has 1 rings (SSSR count). The summed E-state index contributed by atoms with van der Waals surface area (Å²) in [5.41, 5.74) is 3.34. The lowest BCUT2D eigenvalue weighted by molar-refractivity contribution is -0.150. The Morgan fingerprint density at radius 3 is 2.44 bits per heavy atom. The average molecular weight is 250 g/mol. The highest BCUT2D eigenvalue weighted by Gasteiger charge is 2.20. The van der Waals surface area contributed by atoms with Crippen LogP contribution in [-0.4, -0.2) is 23.8 Å². The number of aryl methyl sites for hydroxylation is 2. The molecule has 0 heterocycles. The van der Waals surface area contributed by atoms with Crippen LogP contribution in [0.15, 0.2) is 18.2 Å². The van der Waals surface area contributed by atoms with Crippen LogP contribution in [0.25, 0.3) is 0 Å². The van der Waals surface area contributed by atoms with Crippen LogP contribution < -0.4 is 0 Å². The second-order valence-corrected chi connectivity index (χ2v) is 4.63. The van der Waals surface area contributed by atoms with E-state index in [2.05, 4.69) is 6.92 Å². The van der Waals surface area contributed by atoms with Crippen molar-refractivity contribution in [3.8, 4) is 0 Å². The number of aliphatic carboxylic acids is 1. The van der Waals surface area contributed by atoms with E-state index < -0.39 is 12.1 Å². The lowest BCUT2D eigenvalue weighted by atomic mass is 9.97. The first kappa shape index (κ1) is 14.7. The van der Waals surface area contributed by atoms with Gasteiger partial charge in [0.25, 0.3) is 0 Å². The maximum atomic E-state index is 11.2. The Kier molecular flexibility index (Phi) is 5.86. The van der Waals surface area contributed by atoms with Crippen LogP contribution in [0.3, 0.4) is 0 Å². The number of benzene rings is 1. The van der Waals surface area contributed by atoms with Gasteiger partial charge in [0, 0.05) is 13.0 Å². The van der Waals surface area contributed by atoms with E-state index in [1.54, 1.807) is 0 Å². The Hall–Kier alpha value is -1.35. The van der Waals surface area contributed by atoms with E-state index in [-0.39, 0.29) is 0 Å². The van der Waals surface area contributed by atoms with Crippen LogP contribution in [0.4, 0.5) is 0 Å². The van der Waals surface area contributed by atoms with Crippen molar-refractivity contribution in [2.24, 2.45) is 0 Å².